The molecule has 0 amide bonds. The molecule has 0 radical (unpaired) electrons. The first kappa shape index (κ1) is 11.0. The summed E-state index contributed by atoms with van der Waals surface area (Å²) >= 11 is 0. The molecule has 4 heteroatoms. The van der Waals surface area contributed by atoms with Crippen LogP contribution < -0.4 is 11.1 Å². The number of nitrogens with one attached hydrogen (secondary N) is 1. The zero-order chi connectivity index (χ0) is 12.4. The summed E-state index contributed by atoms with van der Waals surface area (Å²) in [6.45, 7) is 0. The Morgan fingerprint density at radius 3 is 2.94 bits per heavy atom. The smallest absolute Gasteiger partial charge is 0.157 e. The van der Waals surface area contributed by atoms with Crippen molar-refractivity contribution in [2.45, 2.75) is 25.7 Å². The number of aromatic nitrogens is 2. The van der Waals surface area contributed by atoms with Crippen molar-refractivity contribution in [3.05, 3.63) is 41.9 Å². The largest absolute Gasteiger partial charge is 0.394 e. The third-order valence-corrected chi connectivity index (χ3v) is 3.39. The van der Waals surface area contributed by atoms with Crippen LogP contribution in [0.2, 0.25) is 0 Å². The molecule has 0 bridgehead atoms. The van der Waals surface area contributed by atoms with Crippen molar-refractivity contribution < 1.29 is 0 Å². The van der Waals surface area contributed by atoms with E-state index < -0.39 is 0 Å². The predicted octanol–water partition coefficient (Wildman–Crippen LogP) is 2.68. The molecule has 2 aromatic rings. The van der Waals surface area contributed by atoms with Crippen molar-refractivity contribution in [3.8, 4) is 0 Å². The van der Waals surface area contributed by atoms with Crippen molar-refractivity contribution in [2.75, 3.05) is 11.1 Å². The average Bonchev–Trinajstić information content (AvgIpc) is 2.42. The normalized spacial score (nSPS) is 14.0. The number of nitrogen functional groups attached to an aromatic ring is 1. The van der Waals surface area contributed by atoms with E-state index in [1.807, 2.05) is 0 Å². The Balaban J connectivity index is 1.96. The first-order valence-corrected chi connectivity index (χ1v) is 6.28. The number of aryl methyl sites for hydroxylation is 1. The van der Waals surface area contributed by atoms with Gasteiger partial charge in [-0.25, -0.2) is 9.97 Å². The van der Waals surface area contributed by atoms with Gasteiger partial charge in [-0.2, -0.15) is 0 Å². The molecule has 0 saturated carbocycles. The fourth-order valence-corrected chi connectivity index (χ4v) is 2.47. The molecule has 0 unspecified atom stereocenters. The van der Waals surface area contributed by atoms with E-state index in [-0.39, 0.29) is 0 Å². The predicted molar refractivity (Wildman–Crippen MR) is 72.8 cm³/mol. The number of nitrogens with zero attached hydrogens (tertiary/aromatic N) is 2. The summed E-state index contributed by atoms with van der Waals surface area (Å²) in [5.74, 6) is 0.684. The van der Waals surface area contributed by atoms with Crippen molar-refractivity contribution in [1.29, 1.82) is 0 Å². The van der Waals surface area contributed by atoms with Crippen LogP contribution in [0.15, 0.2) is 30.7 Å². The minimum Gasteiger partial charge on any atom is -0.394 e. The maximum absolute atomic E-state index is 5.86. The Morgan fingerprint density at radius 1 is 1.17 bits per heavy atom. The van der Waals surface area contributed by atoms with Gasteiger partial charge >= 0.3 is 0 Å². The highest BCUT2D eigenvalue weighted by Gasteiger charge is 2.13. The number of anilines is 3. The maximum Gasteiger partial charge on any atom is 0.157 e. The quantitative estimate of drug-likeness (QED) is 0.847. The number of hydrogen-bond acceptors (Lipinski definition) is 4. The lowest BCUT2D eigenvalue weighted by atomic mass is 9.90. The average molecular weight is 240 g/mol. The van der Waals surface area contributed by atoms with Gasteiger partial charge in [-0.3, -0.25) is 0 Å². The van der Waals surface area contributed by atoms with Crippen LogP contribution in [0.25, 0.3) is 0 Å². The van der Waals surface area contributed by atoms with Crippen LogP contribution in [0.3, 0.4) is 0 Å². The van der Waals surface area contributed by atoms with Gasteiger partial charge in [0.15, 0.2) is 5.82 Å². The zero-order valence-electron chi connectivity index (χ0n) is 10.2. The third-order valence-electron chi connectivity index (χ3n) is 3.39. The number of hydrogen-bond donors (Lipinski definition) is 2. The molecule has 1 aliphatic rings. The molecule has 92 valence electrons. The lowest BCUT2D eigenvalue weighted by molar-refractivity contribution is 0.687. The fourth-order valence-electron chi connectivity index (χ4n) is 2.47. The summed E-state index contributed by atoms with van der Waals surface area (Å²) < 4.78 is 0. The van der Waals surface area contributed by atoms with Crippen LogP contribution >= 0.6 is 0 Å². The Morgan fingerprint density at radius 2 is 2.06 bits per heavy atom. The molecule has 3 N–H and O–H groups in total. The van der Waals surface area contributed by atoms with Crippen molar-refractivity contribution in [2.24, 2.45) is 0 Å². The van der Waals surface area contributed by atoms with Crippen molar-refractivity contribution >= 4 is 17.2 Å². The Hall–Kier alpha value is -2.10. The molecule has 1 aromatic heterocycles. The first-order chi connectivity index (χ1) is 8.84. The lowest BCUT2D eigenvalue weighted by Gasteiger charge is -2.20. The first-order valence-electron chi connectivity index (χ1n) is 6.28. The van der Waals surface area contributed by atoms with E-state index in [4.69, 9.17) is 5.73 Å². The van der Waals surface area contributed by atoms with E-state index >= 15 is 0 Å². The zero-order valence-corrected chi connectivity index (χ0v) is 10.2. The summed E-state index contributed by atoms with van der Waals surface area (Å²) in [4.78, 5) is 8.07. The molecular formula is C14H16N4. The monoisotopic (exact) mass is 240 g/mol. The number of nitrogens with two attached hydrogens (primary N) is 1. The van der Waals surface area contributed by atoms with E-state index in [0.717, 1.165) is 12.1 Å². The van der Waals surface area contributed by atoms with Crippen molar-refractivity contribution in [1.82, 2.24) is 9.97 Å². The van der Waals surface area contributed by atoms with E-state index in [1.165, 1.54) is 36.7 Å². The van der Waals surface area contributed by atoms with Crippen LogP contribution in [0.1, 0.15) is 24.0 Å². The molecule has 4 nitrogen and oxygen atoms in total. The Bertz CT molecular complexity index is 565. The third kappa shape index (κ3) is 2.01. The Labute approximate surface area is 106 Å². The summed E-state index contributed by atoms with van der Waals surface area (Å²) in [5, 5.41) is 3.32. The van der Waals surface area contributed by atoms with E-state index in [2.05, 4.69) is 33.5 Å². The topological polar surface area (TPSA) is 63.8 Å². The molecule has 0 aliphatic heterocycles. The molecule has 0 atom stereocenters. The number of rotatable bonds is 2. The van der Waals surface area contributed by atoms with Gasteiger partial charge in [-0.1, -0.05) is 12.1 Å². The standard InChI is InChI=1S/C14H16N4/c15-12-8-16-9-17-14(12)18-13-7-3-5-10-4-1-2-6-11(10)13/h3,5,7-9H,1-2,4,6,15H2,(H,16,17,18). The molecule has 1 aliphatic carbocycles. The maximum atomic E-state index is 5.86. The second kappa shape index (κ2) is 4.64. The molecule has 1 heterocycles. The molecule has 1 aromatic carbocycles. The van der Waals surface area contributed by atoms with E-state index in [1.54, 1.807) is 6.20 Å². The summed E-state index contributed by atoms with van der Waals surface area (Å²) in [6.07, 6.45) is 7.96. The van der Waals surface area contributed by atoms with Crippen molar-refractivity contribution in [3.63, 3.8) is 0 Å². The fraction of sp³-hybridized carbons (Fsp3) is 0.286. The van der Waals surface area contributed by atoms with Gasteiger partial charge in [0.1, 0.15) is 6.33 Å². The number of fused-ring (bicyclic) bond motifs is 1. The highest BCUT2D eigenvalue weighted by atomic mass is 15.0. The van der Waals surface area contributed by atoms with Crippen LogP contribution in [-0.2, 0) is 12.8 Å². The molecule has 3 rings (SSSR count). The van der Waals surface area contributed by atoms with Gasteiger partial charge in [0, 0.05) is 5.69 Å². The Kier molecular flexibility index (Phi) is 2.84. The van der Waals surface area contributed by atoms with Gasteiger partial charge in [-0.15, -0.1) is 0 Å². The second-order valence-electron chi connectivity index (χ2n) is 4.60. The minimum atomic E-state index is 0.575. The highest BCUT2D eigenvalue weighted by Crippen LogP contribution is 2.30. The highest BCUT2D eigenvalue weighted by molar-refractivity contribution is 5.70. The molecule has 0 spiro atoms. The van der Waals surface area contributed by atoms with Crippen LogP contribution in [0, 0.1) is 0 Å². The van der Waals surface area contributed by atoms with Gasteiger partial charge in [0.2, 0.25) is 0 Å². The summed E-state index contributed by atoms with van der Waals surface area (Å²) in [6, 6.07) is 6.39. The van der Waals surface area contributed by atoms with Crippen LogP contribution in [0.5, 0.6) is 0 Å². The second-order valence-corrected chi connectivity index (χ2v) is 4.60. The molecule has 18 heavy (non-hydrogen) atoms. The summed E-state index contributed by atoms with van der Waals surface area (Å²) in [7, 11) is 0. The SMILES string of the molecule is Nc1cncnc1Nc1cccc2c1CCCC2. The number of benzene rings is 1. The molecule has 0 fully saturated rings. The van der Waals surface area contributed by atoms with E-state index in [0.29, 0.717) is 11.5 Å². The van der Waals surface area contributed by atoms with Gasteiger partial charge < -0.3 is 11.1 Å². The molecule has 0 saturated heterocycles. The van der Waals surface area contributed by atoms with Crippen LogP contribution in [-0.4, -0.2) is 9.97 Å². The lowest BCUT2D eigenvalue weighted by Crippen LogP contribution is -2.07. The minimum absolute atomic E-state index is 0.575. The summed E-state index contributed by atoms with van der Waals surface area (Å²) in [5.41, 5.74) is 10.4. The molecular weight excluding hydrogens is 224 g/mol. The van der Waals surface area contributed by atoms with Crippen LogP contribution in [0.4, 0.5) is 17.2 Å². The van der Waals surface area contributed by atoms with Gasteiger partial charge in [-0.05, 0) is 42.9 Å². The van der Waals surface area contributed by atoms with Gasteiger partial charge in [0.25, 0.3) is 0 Å². The van der Waals surface area contributed by atoms with E-state index in [9.17, 15) is 0 Å². The van der Waals surface area contributed by atoms with Gasteiger partial charge in [0.05, 0.1) is 11.9 Å².